The molecule has 2 rings (SSSR count). The first kappa shape index (κ1) is 14.1. The Hall–Kier alpha value is -0.320. The highest BCUT2D eigenvalue weighted by Gasteiger charge is 2.25. The predicted octanol–water partition coefficient (Wildman–Crippen LogP) is 3.15. The van der Waals surface area contributed by atoms with Crippen molar-refractivity contribution in [2.45, 2.75) is 11.8 Å². The van der Waals surface area contributed by atoms with Gasteiger partial charge in [0.2, 0.25) is 5.91 Å². The lowest BCUT2D eigenvalue weighted by molar-refractivity contribution is -0.129. The predicted molar refractivity (Wildman–Crippen MR) is 81.5 cm³/mol. The minimum absolute atomic E-state index is 0.108. The van der Waals surface area contributed by atoms with E-state index in [4.69, 9.17) is 11.6 Å². The first-order chi connectivity index (χ1) is 8.68. The highest BCUT2D eigenvalue weighted by Crippen LogP contribution is 2.26. The van der Waals surface area contributed by atoms with Crippen molar-refractivity contribution in [1.29, 1.82) is 0 Å². The van der Waals surface area contributed by atoms with Crippen LogP contribution in [0.5, 0.6) is 0 Å². The fourth-order valence-corrected chi connectivity index (χ4v) is 4.69. The number of nitrogens with zero attached hydrogens (tertiary/aromatic N) is 1. The molecule has 0 N–H and O–H groups in total. The third kappa shape index (κ3) is 3.59. The lowest BCUT2D eigenvalue weighted by atomic mass is 10.2. The topological polar surface area (TPSA) is 20.3 Å². The quantitative estimate of drug-likeness (QED) is 0.855. The van der Waals surface area contributed by atoms with Crippen LogP contribution in [0.2, 0.25) is 5.02 Å². The molecule has 1 unspecified atom stereocenters. The van der Waals surface area contributed by atoms with E-state index in [0.717, 1.165) is 27.8 Å². The van der Waals surface area contributed by atoms with Gasteiger partial charge in [0.15, 0.2) is 0 Å². The molecule has 98 valence electrons. The molecule has 1 aromatic rings. The monoisotopic (exact) mass is 301 g/mol. The fraction of sp³-hybridized carbons (Fsp3) is 0.462. The molecule has 0 aliphatic carbocycles. The van der Waals surface area contributed by atoms with E-state index in [-0.39, 0.29) is 11.2 Å². The number of carbonyl (C=O) groups excluding carboxylic acids is 1. The van der Waals surface area contributed by atoms with E-state index in [1.807, 2.05) is 43.1 Å². The van der Waals surface area contributed by atoms with Crippen molar-refractivity contribution in [1.82, 2.24) is 4.90 Å². The third-order valence-corrected chi connectivity index (χ3v) is 5.94. The van der Waals surface area contributed by atoms with Gasteiger partial charge >= 0.3 is 0 Å². The fourth-order valence-electron chi connectivity index (χ4n) is 1.84. The van der Waals surface area contributed by atoms with Crippen molar-refractivity contribution in [3.8, 4) is 0 Å². The summed E-state index contributed by atoms with van der Waals surface area (Å²) in [6, 6.07) is 7.68. The highest BCUT2D eigenvalue weighted by molar-refractivity contribution is 8.07. The lowest BCUT2D eigenvalue weighted by Gasteiger charge is -2.26. The Labute approximate surface area is 121 Å². The molecule has 1 saturated heterocycles. The summed E-state index contributed by atoms with van der Waals surface area (Å²) in [6.07, 6.45) is 0. The van der Waals surface area contributed by atoms with Crippen molar-refractivity contribution < 1.29 is 4.79 Å². The Morgan fingerprint density at radius 3 is 2.89 bits per heavy atom. The minimum Gasteiger partial charge on any atom is -0.340 e. The van der Waals surface area contributed by atoms with E-state index in [1.54, 1.807) is 16.7 Å². The Balaban J connectivity index is 1.96. The molecule has 1 heterocycles. The summed E-state index contributed by atoms with van der Waals surface area (Å²) in [5, 5.41) is 0.832. The maximum Gasteiger partial charge on any atom is 0.236 e. The van der Waals surface area contributed by atoms with E-state index < -0.39 is 0 Å². The van der Waals surface area contributed by atoms with Crippen LogP contribution < -0.4 is 0 Å². The van der Waals surface area contributed by atoms with Gasteiger partial charge in [0.05, 0.1) is 5.25 Å². The zero-order chi connectivity index (χ0) is 13.0. The van der Waals surface area contributed by atoms with Crippen LogP contribution in [-0.4, -0.2) is 40.4 Å². The van der Waals surface area contributed by atoms with Gasteiger partial charge in [0.1, 0.15) is 0 Å². The van der Waals surface area contributed by atoms with Gasteiger partial charge in [-0.25, -0.2) is 0 Å². The van der Waals surface area contributed by atoms with Gasteiger partial charge in [-0.3, -0.25) is 4.79 Å². The molecule has 1 amide bonds. The second kappa shape index (κ2) is 6.73. The smallest absolute Gasteiger partial charge is 0.236 e. The molecule has 1 atom stereocenters. The van der Waals surface area contributed by atoms with Crippen molar-refractivity contribution in [3.63, 3.8) is 0 Å². The molecule has 0 radical (unpaired) electrons. The van der Waals surface area contributed by atoms with Crippen LogP contribution in [0, 0.1) is 0 Å². The molecule has 1 aliphatic rings. The Kier molecular flexibility index (Phi) is 5.27. The van der Waals surface area contributed by atoms with Crippen molar-refractivity contribution >= 4 is 41.0 Å². The number of amides is 1. The normalized spacial score (nSPS) is 19.6. The molecule has 0 saturated carbocycles. The number of hydrogen-bond acceptors (Lipinski definition) is 3. The van der Waals surface area contributed by atoms with Crippen LogP contribution in [0.3, 0.4) is 0 Å². The maximum absolute atomic E-state index is 12.3. The molecular weight excluding hydrogens is 286 g/mol. The lowest BCUT2D eigenvalue weighted by Crippen LogP contribution is -2.37. The average molecular weight is 302 g/mol. The molecule has 2 nitrogen and oxygen atoms in total. The van der Waals surface area contributed by atoms with Crippen molar-refractivity contribution in [3.05, 3.63) is 34.9 Å². The van der Waals surface area contributed by atoms with Gasteiger partial charge in [-0.2, -0.15) is 11.8 Å². The molecule has 18 heavy (non-hydrogen) atoms. The number of benzene rings is 1. The number of carbonyl (C=O) groups is 1. The molecule has 0 bridgehead atoms. The Morgan fingerprint density at radius 1 is 1.44 bits per heavy atom. The number of thioether (sulfide) groups is 2. The minimum atomic E-state index is 0.108. The highest BCUT2D eigenvalue weighted by atomic mass is 35.5. The van der Waals surface area contributed by atoms with E-state index >= 15 is 0 Å². The van der Waals surface area contributed by atoms with Crippen LogP contribution >= 0.6 is 35.1 Å². The average Bonchev–Trinajstić information content (AvgIpc) is 2.41. The van der Waals surface area contributed by atoms with E-state index in [9.17, 15) is 4.79 Å². The molecule has 0 aromatic heterocycles. The first-order valence-corrected chi connectivity index (χ1v) is 8.44. The van der Waals surface area contributed by atoms with E-state index in [0.29, 0.717) is 6.54 Å². The summed E-state index contributed by atoms with van der Waals surface area (Å²) in [4.78, 5) is 14.0. The second-order valence-corrected chi connectivity index (χ2v) is 7.09. The molecule has 1 aliphatic heterocycles. The zero-order valence-electron chi connectivity index (χ0n) is 10.3. The zero-order valence-corrected chi connectivity index (χ0v) is 12.7. The van der Waals surface area contributed by atoms with Crippen LogP contribution in [0.15, 0.2) is 24.3 Å². The molecule has 5 heteroatoms. The number of halogens is 1. The molecule has 1 aromatic carbocycles. The third-order valence-electron chi connectivity index (χ3n) is 2.83. The van der Waals surface area contributed by atoms with Gasteiger partial charge in [0, 0.05) is 35.9 Å². The van der Waals surface area contributed by atoms with Gasteiger partial charge in [-0.1, -0.05) is 29.8 Å². The summed E-state index contributed by atoms with van der Waals surface area (Å²) < 4.78 is 0. The van der Waals surface area contributed by atoms with Gasteiger partial charge in [-0.15, -0.1) is 11.8 Å². The van der Waals surface area contributed by atoms with Crippen molar-refractivity contribution in [2.24, 2.45) is 0 Å². The van der Waals surface area contributed by atoms with E-state index in [1.165, 1.54) is 0 Å². The Morgan fingerprint density at radius 2 is 2.22 bits per heavy atom. The standard InChI is InChI=1S/C13H16ClNOS2/c1-15(8-10-4-2-3-5-11(10)14)13(16)12-9-17-6-7-18-12/h2-5,12H,6-9H2,1H3. The van der Waals surface area contributed by atoms with Crippen LogP contribution in [0.25, 0.3) is 0 Å². The first-order valence-electron chi connectivity index (χ1n) is 5.86. The van der Waals surface area contributed by atoms with Gasteiger partial charge in [0.25, 0.3) is 0 Å². The molecular formula is C13H16ClNOS2. The summed E-state index contributed by atoms with van der Waals surface area (Å²) in [5.74, 6) is 3.37. The molecule has 0 spiro atoms. The largest absolute Gasteiger partial charge is 0.340 e. The van der Waals surface area contributed by atoms with Gasteiger partial charge in [-0.05, 0) is 11.6 Å². The summed E-state index contributed by atoms with van der Waals surface area (Å²) in [5.41, 5.74) is 1.00. The Bertz CT molecular complexity index is 421. The summed E-state index contributed by atoms with van der Waals surface area (Å²) in [7, 11) is 1.85. The SMILES string of the molecule is CN(Cc1ccccc1Cl)C(=O)C1CSCCS1. The van der Waals surface area contributed by atoms with Crippen LogP contribution in [-0.2, 0) is 11.3 Å². The number of hydrogen-bond donors (Lipinski definition) is 0. The van der Waals surface area contributed by atoms with Crippen molar-refractivity contribution in [2.75, 3.05) is 24.3 Å². The second-order valence-electron chi connectivity index (χ2n) is 4.22. The van der Waals surface area contributed by atoms with Crippen LogP contribution in [0.4, 0.5) is 0 Å². The molecule has 1 fully saturated rings. The maximum atomic E-state index is 12.3. The van der Waals surface area contributed by atoms with Gasteiger partial charge < -0.3 is 4.90 Å². The summed E-state index contributed by atoms with van der Waals surface area (Å²) in [6.45, 7) is 0.584. The summed E-state index contributed by atoms with van der Waals surface area (Å²) >= 11 is 9.74. The van der Waals surface area contributed by atoms with Crippen LogP contribution in [0.1, 0.15) is 5.56 Å². The van der Waals surface area contributed by atoms with E-state index in [2.05, 4.69) is 0 Å². The number of rotatable bonds is 3.